The van der Waals surface area contributed by atoms with Crippen LogP contribution in [0.5, 0.6) is 11.5 Å². The molecule has 1 aliphatic heterocycles. The van der Waals surface area contributed by atoms with Gasteiger partial charge in [-0.05, 0) is 83.9 Å². The number of fused-ring (bicyclic) bond motifs is 3. The van der Waals surface area contributed by atoms with Crippen LogP contribution < -0.4 is 19.3 Å². The van der Waals surface area contributed by atoms with Crippen LogP contribution in [0, 0.1) is 0 Å². The summed E-state index contributed by atoms with van der Waals surface area (Å²) in [6, 6.07) is 48.3. The van der Waals surface area contributed by atoms with Gasteiger partial charge in [0.05, 0.1) is 58.8 Å². The molecule has 0 spiro atoms. The number of sulfone groups is 1. The number of hydrogen-bond acceptors (Lipinski definition) is 7. The summed E-state index contributed by atoms with van der Waals surface area (Å²) in [5.41, 5.74) is 10.3. The third kappa shape index (κ3) is 5.30. The molecule has 0 N–H and O–H groups in total. The van der Waals surface area contributed by atoms with Crippen LogP contribution in [-0.2, 0) is 9.84 Å². The van der Waals surface area contributed by atoms with Crippen molar-refractivity contribution in [3.05, 3.63) is 146 Å². The molecule has 8 heteroatoms. The number of benzene rings is 6. The molecule has 0 saturated carbocycles. The molecule has 0 amide bonds. The van der Waals surface area contributed by atoms with Crippen molar-refractivity contribution in [2.24, 2.45) is 0 Å². The Bertz CT molecular complexity index is 2450. The van der Waals surface area contributed by atoms with Crippen LogP contribution in [0.15, 0.2) is 150 Å². The lowest BCUT2D eigenvalue weighted by Gasteiger charge is -2.40. The zero-order valence-corrected chi connectivity index (χ0v) is 28.6. The molecule has 7 nitrogen and oxygen atoms in total. The smallest absolute Gasteiger partial charge is 0.175 e. The lowest BCUT2D eigenvalue weighted by molar-refractivity contribution is 0.355. The quantitative estimate of drug-likeness (QED) is 0.166. The minimum atomic E-state index is -3.36. The van der Waals surface area contributed by atoms with Crippen molar-refractivity contribution in [2.45, 2.75) is 4.90 Å². The molecule has 0 atom stereocenters. The number of rotatable bonds is 7. The Morgan fingerprint density at radius 2 is 1.10 bits per heavy atom. The number of para-hydroxylation sites is 6. The molecule has 8 rings (SSSR count). The summed E-state index contributed by atoms with van der Waals surface area (Å²) >= 11 is 0. The van der Waals surface area contributed by atoms with Gasteiger partial charge in [-0.3, -0.25) is 0 Å². The van der Waals surface area contributed by atoms with Crippen LogP contribution in [0.3, 0.4) is 0 Å². The van der Waals surface area contributed by atoms with Gasteiger partial charge in [0, 0.05) is 22.9 Å². The highest BCUT2D eigenvalue weighted by Gasteiger charge is 2.31. The molecule has 0 bridgehead atoms. The maximum atomic E-state index is 12.3. The predicted octanol–water partition coefficient (Wildman–Crippen LogP) is 10.2. The summed E-state index contributed by atoms with van der Waals surface area (Å²) < 4.78 is 35.8. The number of anilines is 6. The van der Waals surface area contributed by atoms with Gasteiger partial charge in [0.15, 0.2) is 21.3 Å². The maximum Gasteiger partial charge on any atom is 0.175 e. The first-order valence-electron chi connectivity index (χ1n) is 16.2. The Kier molecular flexibility index (Phi) is 7.73. The average Bonchev–Trinajstić information content (AvgIpc) is 3.16. The molecule has 50 heavy (non-hydrogen) atoms. The molecule has 0 fully saturated rings. The Hall–Kier alpha value is -6.12. The first-order valence-corrected chi connectivity index (χ1v) is 18.0. The minimum absolute atomic E-state index is 0.257. The van der Waals surface area contributed by atoms with Crippen LogP contribution in [0.4, 0.5) is 34.1 Å². The van der Waals surface area contributed by atoms with Crippen molar-refractivity contribution in [1.82, 2.24) is 4.98 Å². The second kappa shape index (κ2) is 12.4. The van der Waals surface area contributed by atoms with E-state index in [1.807, 2.05) is 36.4 Å². The Morgan fingerprint density at radius 1 is 0.540 bits per heavy atom. The minimum Gasteiger partial charge on any atom is -0.493 e. The number of aromatic nitrogens is 1. The van der Waals surface area contributed by atoms with Gasteiger partial charge >= 0.3 is 0 Å². The fourth-order valence-corrected chi connectivity index (χ4v) is 7.37. The second-order valence-electron chi connectivity index (χ2n) is 12.1. The number of methoxy groups -OCH3 is 2. The summed E-state index contributed by atoms with van der Waals surface area (Å²) in [6.07, 6.45) is 1.21. The van der Waals surface area contributed by atoms with Crippen molar-refractivity contribution in [3.63, 3.8) is 0 Å². The van der Waals surface area contributed by atoms with Crippen LogP contribution in [0.1, 0.15) is 0 Å². The lowest BCUT2D eigenvalue weighted by Crippen LogP contribution is -2.24. The zero-order chi connectivity index (χ0) is 34.4. The van der Waals surface area contributed by atoms with Crippen molar-refractivity contribution in [3.8, 4) is 33.9 Å². The van der Waals surface area contributed by atoms with Crippen LogP contribution >= 0.6 is 0 Å². The SMILES string of the molecule is COc1ccc(-c2cc(-c3ccc(S(C)(=O)=O)cc3)nc3c(N4c5ccccc5N(c5ccccc5)c5ccccc54)cccc23)cc1OC. The summed E-state index contributed by atoms with van der Waals surface area (Å²) in [5.74, 6) is 1.25. The molecular weight excluding hydrogens is 643 g/mol. The van der Waals surface area contributed by atoms with E-state index in [-0.39, 0.29) is 4.90 Å². The van der Waals surface area contributed by atoms with Crippen molar-refractivity contribution in [1.29, 1.82) is 0 Å². The van der Waals surface area contributed by atoms with E-state index in [9.17, 15) is 8.42 Å². The highest BCUT2D eigenvalue weighted by Crippen LogP contribution is 2.55. The first kappa shape index (κ1) is 31.2. The molecule has 1 aromatic heterocycles. The third-order valence-corrected chi connectivity index (χ3v) is 10.2. The number of hydrogen-bond donors (Lipinski definition) is 0. The number of pyridine rings is 1. The molecular formula is C42H33N3O4S. The van der Waals surface area contributed by atoms with Crippen LogP contribution in [0.25, 0.3) is 33.3 Å². The number of nitrogens with zero attached hydrogens (tertiary/aromatic N) is 3. The molecule has 0 saturated heterocycles. The monoisotopic (exact) mass is 675 g/mol. The largest absolute Gasteiger partial charge is 0.493 e. The molecule has 6 aromatic carbocycles. The van der Waals surface area contributed by atoms with E-state index in [0.29, 0.717) is 17.2 Å². The highest BCUT2D eigenvalue weighted by atomic mass is 32.2. The maximum absolute atomic E-state index is 12.3. The Balaban J connectivity index is 1.41. The highest BCUT2D eigenvalue weighted by molar-refractivity contribution is 7.90. The Labute approximate surface area is 291 Å². The average molecular weight is 676 g/mol. The van der Waals surface area contributed by atoms with Gasteiger partial charge in [0.1, 0.15) is 0 Å². The topological polar surface area (TPSA) is 72.0 Å². The van der Waals surface area contributed by atoms with Gasteiger partial charge in [-0.15, -0.1) is 0 Å². The van der Waals surface area contributed by atoms with E-state index < -0.39 is 9.84 Å². The van der Waals surface area contributed by atoms with Crippen molar-refractivity contribution >= 4 is 54.9 Å². The van der Waals surface area contributed by atoms with Gasteiger partial charge in [-0.2, -0.15) is 0 Å². The van der Waals surface area contributed by atoms with Crippen LogP contribution in [0.2, 0.25) is 0 Å². The number of ether oxygens (including phenoxy) is 2. The second-order valence-corrected chi connectivity index (χ2v) is 14.1. The van der Waals surface area contributed by atoms with E-state index in [1.54, 1.807) is 26.4 Å². The molecule has 7 aromatic rings. The van der Waals surface area contributed by atoms with E-state index >= 15 is 0 Å². The van der Waals surface area contributed by atoms with E-state index in [1.165, 1.54) is 6.26 Å². The van der Waals surface area contributed by atoms with Gasteiger partial charge in [-0.1, -0.05) is 72.8 Å². The summed E-state index contributed by atoms with van der Waals surface area (Å²) in [5, 5.41) is 0.951. The first-order chi connectivity index (χ1) is 24.4. The summed E-state index contributed by atoms with van der Waals surface area (Å²) in [4.78, 5) is 10.2. The molecule has 0 radical (unpaired) electrons. The molecule has 246 valence electrons. The lowest BCUT2D eigenvalue weighted by atomic mass is 9.96. The normalized spacial score (nSPS) is 12.4. The molecule has 0 aliphatic carbocycles. The van der Waals surface area contributed by atoms with Gasteiger partial charge < -0.3 is 19.3 Å². The van der Waals surface area contributed by atoms with Gasteiger partial charge in [0.25, 0.3) is 0 Å². The fourth-order valence-electron chi connectivity index (χ4n) is 6.74. The molecule has 1 aliphatic rings. The third-order valence-electron chi connectivity index (χ3n) is 9.07. The summed E-state index contributed by atoms with van der Waals surface area (Å²) in [7, 11) is -0.111. The van der Waals surface area contributed by atoms with Gasteiger partial charge in [0.2, 0.25) is 0 Å². The van der Waals surface area contributed by atoms with E-state index in [0.717, 1.165) is 61.7 Å². The van der Waals surface area contributed by atoms with Crippen molar-refractivity contribution in [2.75, 3.05) is 30.3 Å². The fraction of sp³-hybridized carbons (Fsp3) is 0.0714. The zero-order valence-electron chi connectivity index (χ0n) is 27.7. The van der Waals surface area contributed by atoms with E-state index in [4.69, 9.17) is 14.5 Å². The van der Waals surface area contributed by atoms with Gasteiger partial charge in [-0.25, -0.2) is 13.4 Å². The Morgan fingerprint density at radius 3 is 1.70 bits per heavy atom. The molecule has 0 unspecified atom stereocenters. The summed E-state index contributed by atoms with van der Waals surface area (Å²) in [6.45, 7) is 0. The predicted molar refractivity (Wildman–Crippen MR) is 202 cm³/mol. The molecule has 2 heterocycles. The van der Waals surface area contributed by atoms with Crippen LogP contribution in [-0.4, -0.2) is 33.9 Å². The van der Waals surface area contributed by atoms with Crippen molar-refractivity contribution < 1.29 is 17.9 Å². The van der Waals surface area contributed by atoms with E-state index in [2.05, 4.69) is 107 Å². The standard InChI is InChI=1S/C42H33N3O4S/c1-48-40-25-22-29(26-41(40)49-2)33-27-34(28-20-23-31(24-21-28)50(3,46)47)43-42-32(33)14-11-19-39(42)45-37-17-9-7-15-35(37)44(30-12-5-4-6-13-30)36-16-8-10-18-38(36)45/h4-27H,1-3H3.